The number of carbonyl (C=O) groups is 11. The van der Waals surface area contributed by atoms with Crippen LogP contribution in [-0.4, -0.2) is 187 Å². The summed E-state index contributed by atoms with van der Waals surface area (Å²) in [5, 5.41) is 45.7. The van der Waals surface area contributed by atoms with Crippen LogP contribution in [0.3, 0.4) is 0 Å². The lowest BCUT2D eigenvalue weighted by Gasteiger charge is -2.30. The molecule has 2 rings (SSSR count). The second-order valence-electron chi connectivity index (χ2n) is 16.6. The van der Waals surface area contributed by atoms with E-state index in [1.807, 2.05) is 0 Å². The van der Waals surface area contributed by atoms with E-state index >= 15 is 0 Å². The maximum absolute atomic E-state index is 14.0. The zero-order valence-corrected chi connectivity index (χ0v) is 40.8. The molecule has 1 aliphatic rings. The van der Waals surface area contributed by atoms with Gasteiger partial charge < -0.3 is 85.4 Å². The molecular weight excluding hydrogens is 979 g/mol. The summed E-state index contributed by atoms with van der Waals surface area (Å²) < 4.78 is 0. The number of aliphatic carboxylic acids is 2. The van der Waals surface area contributed by atoms with Crippen molar-refractivity contribution in [3.63, 3.8) is 0 Å². The number of hydrogen-bond acceptors (Lipinski definition) is 17. The molecule has 0 radical (unpaired) electrons. The Morgan fingerprint density at radius 3 is 1.87 bits per heavy atom. The van der Waals surface area contributed by atoms with Crippen LogP contribution in [0, 0.1) is 5.92 Å². The number of aromatic amines is 1. The SMILES string of the molecule is CC(C)[C@H](NC(=O)[C@@H](N)CS)C(=O)N[C@@H](Cc1cnc[nH]1)C(=O)N[C@@H](CO)C(=O)N1CCC[C@H]1C(=O)N[C@@H](CC(N)=O)C(=O)N[C@@H](CCCN=C(N)N)C(=O)N[C@@H](CCC(=O)O)C(=O)N[C@@H](CS)C(=O)O. The number of hydrogen-bond donors (Lipinski definition) is 17. The van der Waals surface area contributed by atoms with Crippen molar-refractivity contribution in [1.29, 1.82) is 0 Å². The number of primary amides is 1. The summed E-state index contributed by atoms with van der Waals surface area (Å²) in [7, 11) is 0. The molecule has 1 aliphatic heterocycles. The van der Waals surface area contributed by atoms with E-state index in [4.69, 9.17) is 22.9 Å². The van der Waals surface area contributed by atoms with Crippen LogP contribution in [-0.2, 0) is 59.2 Å². The number of aromatic nitrogens is 2. The topological polar surface area (TPSA) is 481 Å². The van der Waals surface area contributed by atoms with E-state index in [0.717, 1.165) is 4.90 Å². The van der Waals surface area contributed by atoms with Crippen molar-refractivity contribution in [2.24, 2.45) is 33.8 Å². The Labute approximate surface area is 418 Å². The predicted molar refractivity (Wildman–Crippen MR) is 256 cm³/mol. The van der Waals surface area contributed by atoms with Gasteiger partial charge in [-0.2, -0.15) is 25.3 Å². The van der Waals surface area contributed by atoms with Crippen molar-refractivity contribution >= 4 is 96.3 Å². The number of likely N-dealkylation sites (tertiary alicyclic amines) is 1. The number of aliphatic imine (C=N–C) groups is 1. The van der Waals surface area contributed by atoms with Gasteiger partial charge >= 0.3 is 11.9 Å². The maximum Gasteiger partial charge on any atom is 0.327 e. The van der Waals surface area contributed by atoms with Crippen LogP contribution in [0.25, 0.3) is 0 Å². The molecule has 0 bridgehead atoms. The Morgan fingerprint density at radius 1 is 0.775 bits per heavy atom. The van der Waals surface area contributed by atoms with Gasteiger partial charge in [0.25, 0.3) is 0 Å². The third kappa shape index (κ3) is 20.3. The predicted octanol–water partition coefficient (Wildman–Crippen LogP) is -6.95. The number of nitrogens with zero attached hydrogens (tertiary/aromatic N) is 3. The molecular formula is C40H65N15O14S2. The van der Waals surface area contributed by atoms with Gasteiger partial charge in [0.1, 0.15) is 48.3 Å². The van der Waals surface area contributed by atoms with Gasteiger partial charge in [-0.15, -0.1) is 0 Å². The van der Waals surface area contributed by atoms with E-state index < -0.39 is 151 Å². The molecule has 1 fully saturated rings. The number of thiol groups is 2. The summed E-state index contributed by atoms with van der Waals surface area (Å²) in [6.45, 7) is 2.15. The molecule has 1 aromatic rings. The molecule has 9 amide bonds. The zero-order valence-electron chi connectivity index (χ0n) is 39.0. The molecule has 0 aliphatic carbocycles. The van der Waals surface area contributed by atoms with Gasteiger partial charge in [-0.25, -0.2) is 9.78 Å². The van der Waals surface area contributed by atoms with Crippen molar-refractivity contribution in [3.8, 4) is 0 Å². The highest BCUT2D eigenvalue weighted by Crippen LogP contribution is 2.20. The molecule has 0 spiro atoms. The average Bonchev–Trinajstić information content (AvgIpc) is 4.03. The molecule has 0 unspecified atom stereocenters. The number of aliphatic hydroxyl groups excluding tert-OH is 1. The molecule has 29 nitrogen and oxygen atoms in total. The van der Waals surface area contributed by atoms with Gasteiger partial charge in [-0.1, -0.05) is 13.8 Å². The lowest BCUT2D eigenvalue weighted by Crippen LogP contribution is -2.61. The van der Waals surface area contributed by atoms with E-state index in [9.17, 15) is 68.1 Å². The van der Waals surface area contributed by atoms with Crippen LogP contribution in [0.15, 0.2) is 17.5 Å². The van der Waals surface area contributed by atoms with Crippen molar-refractivity contribution in [3.05, 3.63) is 18.2 Å². The van der Waals surface area contributed by atoms with Gasteiger partial charge in [-0.05, 0) is 38.0 Å². The number of nitrogens with two attached hydrogens (primary N) is 4. The Balaban J connectivity index is 2.36. The van der Waals surface area contributed by atoms with E-state index in [1.165, 1.54) is 12.5 Å². The Morgan fingerprint density at radius 2 is 1.35 bits per heavy atom. The fraction of sp³-hybridized carbons (Fsp3) is 0.625. The van der Waals surface area contributed by atoms with Gasteiger partial charge in [0.15, 0.2) is 5.96 Å². The molecule has 1 aromatic heterocycles. The Hall–Kier alpha value is -6.73. The second-order valence-corrected chi connectivity index (χ2v) is 17.3. The first-order chi connectivity index (χ1) is 33.4. The fourth-order valence-electron chi connectivity index (χ4n) is 6.92. The van der Waals surface area contributed by atoms with E-state index in [2.05, 4.69) is 77.4 Å². The van der Waals surface area contributed by atoms with Crippen LogP contribution < -0.4 is 60.2 Å². The summed E-state index contributed by atoms with van der Waals surface area (Å²) in [5.74, 6) is -12.8. The summed E-state index contributed by atoms with van der Waals surface area (Å²) in [6, 6.07) is -13.2. The zero-order chi connectivity index (χ0) is 53.5. The van der Waals surface area contributed by atoms with E-state index in [0.29, 0.717) is 5.69 Å². The first-order valence-corrected chi connectivity index (χ1v) is 23.5. The second kappa shape index (κ2) is 30.1. The Bertz CT molecular complexity index is 2080. The first-order valence-electron chi connectivity index (χ1n) is 22.2. The molecule has 19 N–H and O–H groups in total. The van der Waals surface area contributed by atoms with Crippen LogP contribution in [0.1, 0.15) is 64.5 Å². The van der Waals surface area contributed by atoms with E-state index in [-0.39, 0.29) is 62.7 Å². The third-order valence-corrected chi connectivity index (χ3v) is 11.5. The summed E-state index contributed by atoms with van der Waals surface area (Å²) in [4.78, 5) is 155. The van der Waals surface area contributed by atoms with Crippen LogP contribution >= 0.6 is 25.3 Å². The van der Waals surface area contributed by atoms with Crippen molar-refractivity contribution < 1.29 is 68.1 Å². The highest BCUT2D eigenvalue weighted by atomic mass is 32.1. The number of carboxylic acid groups (broad SMARTS) is 2. The normalized spacial score (nSPS) is 16.5. The van der Waals surface area contributed by atoms with Gasteiger partial charge in [0.2, 0.25) is 53.2 Å². The fourth-order valence-corrected chi connectivity index (χ4v) is 7.33. The number of H-pyrrole nitrogens is 1. The summed E-state index contributed by atoms with van der Waals surface area (Å²) in [6.07, 6.45) is 0.465. The minimum Gasteiger partial charge on any atom is -0.481 e. The minimum atomic E-state index is -1.79. The standard InChI is InChI=1S/C40H65N15O14S2/c1-18(2)30(54-31(60)20(41)15-70)37(66)51-23(11-19-13-45-17-47-19)34(63)52-25(14-56)38(67)55-10-4-6-27(55)36(65)50-24(12-28(42)57)35(64)48-21(5-3-9-46-40(43)44)32(61)49-22(7-8-29(58)59)33(62)53-26(16-71)39(68)69/h13,17-18,20-27,30,56,70-71H,3-12,14-16,41H2,1-2H3,(H2,42,57)(H,45,47)(H,48,64)(H,49,61)(H,50,65)(H,51,66)(H,52,63)(H,53,62)(H,54,60)(H,58,59)(H,68,69)(H4,43,44,46)/t20-,21-,22-,23-,24-,25-,26-,27-,30-/m0/s1. The maximum atomic E-state index is 14.0. The average molecular weight is 1040 g/mol. The summed E-state index contributed by atoms with van der Waals surface area (Å²) in [5.41, 5.74) is 22.4. The van der Waals surface area contributed by atoms with Crippen LogP contribution in [0.4, 0.5) is 0 Å². The molecule has 1 saturated heterocycles. The molecule has 31 heteroatoms. The Kier molecular flexibility index (Phi) is 25.6. The highest BCUT2D eigenvalue weighted by Gasteiger charge is 2.41. The monoisotopic (exact) mass is 1040 g/mol. The molecule has 0 saturated carbocycles. The summed E-state index contributed by atoms with van der Waals surface area (Å²) >= 11 is 7.89. The lowest BCUT2D eigenvalue weighted by molar-refractivity contribution is -0.143. The number of imidazole rings is 1. The smallest absolute Gasteiger partial charge is 0.327 e. The quantitative estimate of drug-likeness (QED) is 0.0142. The number of aliphatic hydroxyl groups is 1. The first kappa shape index (κ1) is 60.4. The van der Waals surface area contributed by atoms with Gasteiger partial charge in [0.05, 0.1) is 25.4 Å². The van der Waals surface area contributed by atoms with Crippen molar-refractivity contribution in [2.45, 2.75) is 120 Å². The van der Waals surface area contributed by atoms with Crippen LogP contribution in [0.2, 0.25) is 0 Å². The number of rotatable bonds is 31. The van der Waals surface area contributed by atoms with Crippen molar-refractivity contribution in [1.82, 2.24) is 52.1 Å². The van der Waals surface area contributed by atoms with E-state index in [1.54, 1.807) is 13.8 Å². The van der Waals surface area contributed by atoms with Gasteiger partial charge in [0, 0.05) is 49.3 Å². The molecule has 9 atom stereocenters. The highest BCUT2D eigenvalue weighted by molar-refractivity contribution is 7.80. The lowest BCUT2D eigenvalue weighted by atomic mass is 10.0. The number of carbonyl (C=O) groups excluding carboxylic acids is 9. The van der Waals surface area contributed by atoms with Crippen molar-refractivity contribution in [2.75, 3.05) is 31.2 Å². The number of guanidine groups is 1. The molecule has 396 valence electrons. The third-order valence-electron chi connectivity index (χ3n) is 10.7. The van der Waals surface area contributed by atoms with Gasteiger partial charge in [-0.3, -0.25) is 52.9 Å². The molecule has 2 heterocycles. The van der Waals surface area contributed by atoms with Crippen LogP contribution in [0.5, 0.6) is 0 Å². The number of amides is 9. The number of carboxylic acids is 2. The molecule has 71 heavy (non-hydrogen) atoms. The number of nitrogens with one attached hydrogen (secondary N) is 8. The minimum absolute atomic E-state index is 0.00214. The molecule has 0 aromatic carbocycles. The largest absolute Gasteiger partial charge is 0.481 e.